The van der Waals surface area contributed by atoms with Gasteiger partial charge in [0.05, 0.1) is 5.60 Å². The smallest absolute Gasteiger partial charge is 0.258 e. The molecule has 0 unspecified atom stereocenters. The first-order chi connectivity index (χ1) is 10.6. The highest BCUT2D eigenvalue weighted by Crippen LogP contribution is 2.35. The fraction of sp³-hybridized carbons (Fsp3) is 0.562. The molecule has 1 aliphatic rings. The summed E-state index contributed by atoms with van der Waals surface area (Å²) in [5.41, 5.74) is 0.837. The van der Waals surface area contributed by atoms with Gasteiger partial charge in [-0.25, -0.2) is 4.98 Å². The molecule has 3 rings (SSSR count). The van der Waals surface area contributed by atoms with Crippen LogP contribution < -0.4 is 5.32 Å². The van der Waals surface area contributed by atoms with Gasteiger partial charge >= 0.3 is 0 Å². The van der Waals surface area contributed by atoms with Crippen LogP contribution in [0.15, 0.2) is 22.9 Å². The molecule has 0 bridgehead atoms. The molecule has 118 valence electrons. The SMILES string of the molecule is COC1(CNc2cc(-c3nc(C(C)C)no3)ccn2)CCC1. The zero-order valence-corrected chi connectivity index (χ0v) is 13.3. The minimum atomic E-state index is -0.0347. The van der Waals surface area contributed by atoms with E-state index in [0.29, 0.717) is 11.7 Å². The van der Waals surface area contributed by atoms with E-state index in [1.54, 1.807) is 13.3 Å². The summed E-state index contributed by atoms with van der Waals surface area (Å²) >= 11 is 0. The van der Waals surface area contributed by atoms with E-state index < -0.39 is 0 Å². The van der Waals surface area contributed by atoms with E-state index in [1.165, 1.54) is 6.42 Å². The topological polar surface area (TPSA) is 73.1 Å². The summed E-state index contributed by atoms with van der Waals surface area (Å²) in [4.78, 5) is 8.76. The lowest BCUT2D eigenvalue weighted by Gasteiger charge is -2.40. The maximum absolute atomic E-state index is 5.61. The third kappa shape index (κ3) is 2.97. The van der Waals surface area contributed by atoms with Crippen molar-refractivity contribution in [1.29, 1.82) is 0 Å². The van der Waals surface area contributed by atoms with Crippen LogP contribution in [0.5, 0.6) is 0 Å². The van der Waals surface area contributed by atoms with Crippen molar-refractivity contribution in [3.63, 3.8) is 0 Å². The number of ether oxygens (including phenoxy) is 1. The Morgan fingerprint density at radius 2 is 2.23 bits per heavy atom. The lowest BCUT2D eigenvalue weighted by Crippen LogP contribution is -2.45. The molecule has 0 spiro atoms. The molecule has 22 heavy (non-hydrogen) atoms. The highest BCUT2D eigenvalue weighted by Gasteiger charge is 2.36. The van der Waals surface area contributed by atoms with Crippen LogP contribution >= 0.6 is 0 Å². The van der Waals surface area contributed by atoms with E-state index in [2.05, 4.69) is 20.4 Å². The number of hydrogen-bond donors (Lipinski definition) is 1. The third-order valence-electron chi connectivity index (χ3n) is 4.25. The molecular formula is C16H22N4O2. The van der Waals surface area contributed by atoms with Crippen LogP contribution in [0.2, 0.25) is 0 Å². The second-order valence-corrected chi connectivity index (χ2v) is 6.14. The average Bonchev–Trinajstić information content (AvgIpc) is 2.97. The molecule has 1 fully saturated rings. The predicted molar refractivity (Wildman–Crippen MR) is 83.7 cm³/mol. The Labute approximate surface area is 130 Å². The average molecular weight is 302 g/mol. The molecular weight excluding hydrogens is 280 g/mol. The van der Waals surface area contributed by atoms with Gasteiger partial charge in [0, 0.05) is 31.3 Å². The second kappa shape index (κ2) is 6.04. The Hall–Kier alpha value is -1.95. The van der Waals surface area contributed by atoms with Gasteiger partial charge in [-0.15, -0.1) is 0 Å². The molecule has 1 N–H and O–H groups in total. The van der Waals surface area contributed by atoms with Gasteiger partial charge in [0.2, 0.25) is 0 Å². The number of aromatic nitrogens is 3. The lowest BCUT2D eigenvalue weighted by atomic mass is 9.80. The number of hydrogen-bond acceptors (Lipinski definition) is 6. The molecule has 0 saturated heterocycles. The van der Waals surface area contributed by atoms with Gasteiger partial charge in [-0.2, -0.15) is 4.98 Å². The molecule has 2 heterocycles. The third-order valence-corrected chi connectivity index (χ3v) is 4.25. The molecule has 1 aliphatic carbocycles. The van der Waals surface area contributed by atoms with E-state index in [0.717, 1.165) is 30.8 Å². The van der Waals surface area contributed by atoms with Crippen molar-refractivity contribution in [3.05, 3.63) is 24.2 Å². The largest absolute Gasteiger partial charge is 0.376 e. The summed E-state index contributed by atoms with van der Waals surface area (Å²) in [6.45, 7) is 4.84. The van der Waals surface area contributed by atoms with Crippen molar-refractivity contribution in [2.75, 3.05) is 19.0 Å². The van der Waals surface area contributed by atoms with Crippen molar-refractivity contribution in [1.82, 2.24) is 15.1 Å². The van der Waals surface area contributed by atoms with Crippen molar-refractivity contribution < 1.29 is 9.26 Å². The molecule has 0 aliphatic heterocycles. The first kappa shape index (κ1) is 15.0. The normalized spacial score (nSPS) is 16.5. The lowest BCUT2D eigenvalue weighted by molar-refractivity contribution is -0.0601. The summed E-state index contributed by atoms with van der Waals surface area (Å²) < 4.78 is 10.9. The number of methoxy groups -OCH3 is 1. The molecule has 6 heteroatoms. The van der Waals surface area contributed by atoms with E-state index in [-0.39, 0.29) is 11.5 Å². The maximum atomic E-state index is 5.61. The molecule has 1 saturated carbocycles. The van der Waals surface area contributed by atoms with Crippen LogP contribution in [0.25, 0.3) is 11.5 Å². The van der Waals surface area contributed by atoms with Crippen LogP contribution in [0.1, 0.15) is 44.9 Å². The number of rotatable bonds is 6. The van der Waals surface area contributed by atoms with Crippen molar-refractivity contribution in [2.45, 2.75) is 44.6 Å². The Morgan fingerprint density at radius 3 is 2.82 bits per heavy atom. The Bertz CT molecular complexity index is 629. The number of anilines is 1. The van der Waals surface area contributed by atoms with E-state index in [4.69, 9.17) is 9.26 Å². The summed E-state index contributed by atoms with van der Waals surface area (Å²) in [7, 11) is 1.77. The predicted octanol–water partition coefficient (Wildman–Crippen LogP) is 3.24. The fourth-order valence-electron chi connectivity index (χ4n) is 2.52. The van der Waals surface area contributed by atoms with E-state index in [1.807, 2.05) is 26.0 Å². The van der Waals surface area contributed by atoms with Gasteiger partial charge in [-0.1, -0.05) is 19.0 Å². The second-order valence-electron chi connectivity index (χ2n) is 6.14. The Kier molecular flexibility index (Phi) is 4.11. The number of nitrogens with one attached hydrogen (secondary N) is 1. The molecule has 0 amide bonds. The first-order valence-electron chi connectivity index (χ1n) is 7.71. The van der Waals surface area contributed by atoms with Crippen molar-refractivity contribution in [2.24, 2.45) is 0 Å². The van der Waals surface area contributed by atoms with Crippen LogP contribution in [0.4, 0.5) is 5.82 Å². The maximum Gasteiger partial charge on any atom is 0.258 e. The zero-order chi connectivity index (χ0) is 15.6. The molecule has 0 atom stereocenters. The molecule has 0 aromatic carbocycles. The molecule has 2 aromatic heterocycles. The van der Waals surface area contributed by atoms with Crippen molar-refractivity contribution in [3.8, 4) is 11.5 Å². The van der Waals surface area contributed by atoms with Gasteiger partial charge < -0.3 is 14.6 Å². The molecule has 2 aromatic rings. The summed E-state index contributed by atoms with van der Waals surface area (Å²) in [5.74, 6) is 2.29. The standard InChI is InChI=1S/C16H22N4O2/c1-11(2)14-19-15(22-20-14)12-5-8-17-13(9-12)18-10-16(21-3)6-4-7-16/h5,8-9,11H,4,6-7,10H2,1-3H3,(H,17,18). The van der Waals surface area contributed by atoms with Crippen LogP contribution in [0.3, 0.4) is 0 Å². The highest BCUT2D eigenvalue weighted by molar-refractivity contribution is 5.57. The van der Waals surface area contributed by atoms with Gasteiger partial charge in [0.15, 0.2) is 5.82 Å². The molecule has 0 radical (unpaired) electrons. The first-order valence-corrected chi connectivity index (χ1v) is 7.71. The van der Waals surface area contributed by atoms with Crippen LogP contribution in [-0.4, -0.2) is 34.4 Å². The van der Waals surface area contributed by atoms with E-state index in [9.17, 15) is 0 Å². The Balaban J connectivity index is 1.71. The van der Waals surface area contributed by atoms with Crippen LogP contribution in [-0.2, 0) is 4.74 Å². The van der Waals surface area contributed by atoms with Gasteiger partial charge in [0.1, 0.15) is 5.82 Å². The highest BCUT2D eigenvalue weighted by atomic mass is 16.5. The quantitative estimate of drug-likeness (QED) is 0.883. The number of pyridine rings is 1. The monoisotopic (exact) mass is 302 g/mol. The molecule has 6 nitrogen and oxygen atoms in total. The van der Waals surface area contributed by atoms with E-state index >= 15 is 0 Å². The zero-order valence-electron chi connectivity index (χ0n) is 13.3. The fourth-order valence-corrected chi connectivity index (χ4v) is 2.52. The van der Waals surface area contributed by atoms with Crippen molar-refractivity contribution >= 4 is 5.82 Å². The Morgan fingerprint density at radius 1 is 1.41 bits per heavy atom. The van der Waals surface area contributed by atoms with Gasteiger partial charge in [-0.3, -0.25) is 0 Å². The van der Waals surface area contributed by atoms with Gasteiger partial charge in [-0.05, 0) is 31.4 Å². The summed E-state index contributed by atoms with van der Waals surface area (Å²) in [5, 5.41) is 7.35. The minimum absolute atomic E-state index is 0.0347. The minimum Gasteiger partial charge on any atom is -0.376 e. The summed E-state index contributed by atoms with van der Waals surface area (Å²) in [6.07, 6.45) is 5.16. The number of nitrogens with zero attached hydrogens (tertiary/aromatic N) is 3. The van der Waals surface area contributed by atoms with Crippen LogP contribution in [0, 0.1) is 0 Å². The summed E-state index contributed by atoms with van der Waals surface area (Å²) in [6, 6.07) is 3.80. The van der Waals surface area contributed by atoms with Gasteiger partial charge in [0.25, 0.3) is 5.89 Å².